The molecule has 2 heterocycles. The van der Waals surface area contributed by atoms with E-state index in [1.165, 1.54) is 25.8 Å². The number of nitrogens with one attached hydrogen (secondary N) is 2. The van der Waals surface area contributed by atoms with Crippen LogP contribution in [0.3, 0.4) is 0 Å². The van der Waals surface area contributed by atoms with E-state index in [4.69, 9.17) is 5.84 Å². The van der Waals surface area contributed by atoms with Gasteiger partial charge in [0.25, 0.3) is 5.91 Å². The summed E-state index contributed by atoms with van der Waals surface area (Å²) in [7, 11) is 0. The van der Waals surface area contributed by atoms with Crippen LogP contribution in [0.1, 0.15) is 43.1 Å². The molecule has 0 aliphatic carbocycles. The van der Waals surface area contributed by atoms with E-state index in [1.54, 1.807) is 18.2 Å². The van der Waals surface area contributed by atoms with Crippen LogP contribution in [0, 0.1) is 0 Å². The molecule has 0 bridgehead atoms. The first-order chi connectivity index (χ1) is 10.2. The number of nitrogens with two attached hydrogens (primary N) is 1. The largest absolute Gasteiger partial charge is 0.351 e. The maximum absolute atomic E-state index is 12.0. The lowest BCUT2D eigenvalue weighted by atomic mass is 10.0. The first-order valence-electron chi connectivity index (χ1n) is 7.66. The molecule has 0 saturated carbocycles. The minimum Gasteiger partial charge on any atom is -0.351 e. The van der Waals surface area contributed by atoms with Gasteiger partial charge in [-0.1, -0.05) is 12.5 Å². The van der Waals surface area contributed by atoms with Gasteiger partial charge in [0.15, 0.2) is 0 Å². The van der Waals surface area contributed by atoms with Gasteiger partial charge >= 0.3 is 0 Å². The molecule has 0 spiro atoms. The zero-order chi connectivity index (χ0) is 15.1. The third-order valence-electron chi connectivity index (χ3n) is 3.98. The van der Waals surface area contributed by atoms with E-state index < -0.39 is 0 Å². The molecule has 1 atom stereocenters. The fourth-order valence-electron chi connectivity index (χ4n) is 2.71. The molecule has 4 N–H and O–H groups in total. The van der Waals surface area contributed by atoms with Gasteiger partial charge in [0.2, 0.25) is 0 Å². The van der Waals surface area contributed by atoms with Gasteiger partial charge in [-0.05, 0) is 44.9 Å². The summed E-state index contributed by atoms with van der Waals surface area (Å²) in [6.45, 7) is 5.18. The molecule has 116 valence electrons. The van der Waals surface area contributed by atoms with Gasteiger partial charge in [-0.15, -0.1) is 0 Å². The molecule has 1 saturated heterocycles. The first-order valence-corrected chi connectivity index (χ1v) is 7.66. The number of nitrogen functional groups attached to an aromatic ring is 1. The monoisotopic (exact) mass is 291 g/mol. The van der Waals surface area contributed by atoms with E-state index in [-0.39, 0.29) is 5.91 Å². The molecule has 6 heteroatoms. The number of anilines is 1. The van der Waals surface area contributed by atoms with Gasteiger partial charge in [-0.25, -0.2) is 10.8 Å². The van der Waals surface area contributed by atoms with Crippen molar-refractivity contribution in [2.75, 3.05) is 25.1 Å². The zero-order valence-electron chi connectivity index (χ0n) is 12.6. The standard InChI is InChI=1S/C15H25N5O/c1-12-6-2-3-10-20(12)11-5-9-17-15(21)13-7-4-8-14(18-13)19-16/h4,7-8,12H,2-3,5-6,9-11,16H2,1H3,(H,17,21)(H,18,19). The van der Waals surface area contributed by atoms with Crippen molar-refractivity contribution in [3.05, 3.63) is 23.9 Å². The van der Waals surface area contributed by atoms with Crippen molar-refractivity contribution in [2.24, 2.45) is 5.84 Å². The molecule has 21 heavy (non-hydrogen) atoms. The molecule has 1 aliphatic heterocycles. The van der Waals surface area contributed by atoms with Gasteiger partial charge < -0.3 is 15.6 Å². The van der Waals surface area contributed by atoms with Crippen LogP contribution in [0.15, 0.2) is 18.2 Å². The number of nitrogens with zero attached hydrogens (tertiary/aromatic N) is 2. The Morgan fingerprint density at radius 1 is 1.48 bits per heavy atom. The summed E-state index contributed by atoms with van der Waals surface area (Å²) in [5, 5.41) is 2.91. The van der Waals surface area contributed by atoms with Crippen LogP contribution < -0.4 is 16.6 Å². The van der Waals surface area contributed by atoms with Gasteiger partial charge in [0, 0.05) is 19.1 Å². The molecule has 6 nitrogen and oxygen atoms in total. The summed E-state index contributed by atoms with van der Waals surface area (Å²) in [6, 6.07) is 5.83. The topological polar surface area (TPSA) is 83.3 Å². The number of hydrogen-bond acceptors (Lipinski definition) is 5. The van der Waals surface area contributed by atoms with Crippen molar-refractivity contribution < 1.29 is 4.79 Å². The van der Waals surface area contributed by atoms with Crippen LogP contribution in [-0.2, 0) is 0 Å². The number of aromatic nitrogens is 1. The van der Waals surface area contributed by atoms with Crippen molar-refractivity contribution in [2.45, 2.75) is 38.6 Å². The summed E-state index contributed by atoms with van der Waals surface area (Å²) in [4.78, 5) is 18.6. The maximum Gasteiger partial charge on any atom is 0.269 e. The number of carbonyl (C=O) groups excluding carboxylic acids is 1. The molecule has 0 radical (unpaired) electrons. The summed E-state index contributed by atoms with van der Waals surface area (Å²) in [6.07, 6.45) is 4.88. The van der Waals surface area contributed by atoms with Crippen molar-refractivity contribution in [3.63, 3.8) is 0 Å². The molecule has 1 fully saturated rings. The van der Waals surface area contributed by atoms with Crippen LogP contribution in [0.4, 0.5) is 5.82 Å². The lowest BCUT2D eigenvalue weighted by Crippen LogP contribution is -2.39. The third-order valence-corrected chi connectivity index (χ3v) is 3.98. The Bertz CT molecular complexity index is 465. The third kappa shape index (κ3) is 4.68. The van der Waals surface area contributed by atoms with Gasteiger partial charge in [0.05, 0.1) is 0 Å². The second-order valence-electron chi connectivity index (χ2n) is 5.54. The highest BCUT2D eigenvalue weighted by Crippen LogP contribution is 2.16. The van der Waals surface area contributed by atoms with E-state index in [9.17, 15) is 4.79 Å². The van der Waals surface area contributed by atoms with Crippen LogP contribution in [0.2, 0.25) is 0 Å². The fourth-order valence-corrected chi connectivity index (χ4v) is 2.71. The molecule has 1 aromatic rings. The molecule has 1 amide bonds. The Hall–Kier alpha value is -1.66. The van der Waals surface area contributed by atoms with Gasteiger partial charge in [0.1, 0.15) is 11.5 Å². The second kappa shape index (κ2) is 7.95. The number of likely N-dealkylation sites (tertiary alicyclic amines) is 1. The minimum absolute atomic E-state index is 0.154. The number of carbonyl (C=O) groups is 1. The van der Waals surface area contributed by atoms with Crippen molar-refractivity contribution in [1.29, 1.82) is 0 Å². The Kier molecular flexibility index (Phi) is 5.95. The highest BCUT2D eigenvalue weighted by molar-refractivity contribution is 5.92. The van der Waals surface area contributed by atoms with E-state index in [0.717, 1.165) is 13.0 Å². The number of hydrogen-bond donors (Lipinski definition) is 3. The SMILES string of the molecule is CC1CCCCN1CCCNC(=O)c1cccc(NN)n1. The molecule has 2 rings (SSSR count). The van der Waals surface area contributed by atoms with Crippen LogP contribution >= 0.6 is 0 Å². The maximum atomic E-state index is 12.0. The summed E-state index contributed by atoms with van der Waals surface area (Å²) < 4.78 is 0. The first kappa shape index (κ1) is 15.7. The van der Waals surface area contributed by atoms with E-state index in [2.05, 4.69) is 27.6 Å². The van der Waals surface area contributed by atoms with Crippen LogP contribution in [0.25, 0.3) is 0 Å². The molecule has 1 unspecified atom stereocenters. The predicted octanol–water partition coefficient (Wildman–Crippen LogP) is 1.36. The number of hydrazine groups is 1. The molecule has 0 aromatic carbocycles. The lowest BCUT2D eigenvalue weighted by Gasteiger charge is -2.33. The average Bonchev–Trinajstić information content (AvgIpc) is 2.53. The number of amides is 1. The number of rotatable bonds is 6. The van der Waals surface area contributed by atoms with Crippen LogP contribution in [0.5, 0.6) is 0 Å². The molecule has 1 aliphatic rings. The van der Waals surface area contributed by atoms with Gasteiger partial charge in [-0.3, -0.25) is 4.79 Å². The second-order valence-corrected chi connectivity index (χ2v) is 5.54. The van der Waals surface area contributed by atoms with Crippen molar-refractivity contribution in [1.82, 2.24) is 15.2 Å². The molecular weight excluding hydrogens is 266 g/mol. The van der Waals surface area contributed by atoms with Gasteiger partial charge in [-0.2, -0.15) is 0 Å². The van der Waals surface area contributed by atoms with E-state index in [0.29, 0.717) is 24.1 Å². The van der Waals surface area contributed by atoms with E-state index >= 15 is 0 Å². The van der Waals surface area contributed by atoms with E-state index in [1.807, 2.05) is 0 Å². The highest BCUT2D eigenvalue weighted by Gasteiger charge is 2.17. The Morgan fingerprint density at radius 2 is 2.33 bits per heavy atom. The quantitative estimate of drug-likeness (QED) is 0.419. The fraction of sp³-hybridized carbons (Fsp3) is 0.600. The normalized spacial score (nSPS) is 19.2. The minimum atomic E-state index is -0.154. The van der Waals surface area contributed by atoms with Crippen molar-refractivity contribution >= 4 is 11.7 Å². The highest BCUT2D eigenvalue weighted by atomic mass is 16.1. The Morgan fingerprint density at radius 3 is 3.10 bits per heavy atom. The van der Waals surface area contributed by atoms with Crippen LogP contribution in [-0.4, -0.2) is 41.5 Å². The van der Waals surface area contributed by atoms with Crippen molar-refractivity contribution in [3.8, 4) is 0 Å². The number of pyridine rings is 1. The zero-order valence-corrected chi connectivity index (χ0v) is 12.6. The molecular formula is C15H25N5O. The summed E-state index contributed by atoms with van der Waals surface area (Å²) >= 11 is 0. The molecule has 1 aromatic heterocycles. The average molecular weight is 291 g/mol. The Balaban J connectivity index is 1.71. The smallest absolute Gasteiger partial charge is 0.269 e. The Labute approximate surface area is 126 Å². The number of piperidine rings is 1. The predicted molar refractivity (Wildman–Crippen MR) is 83.9 cm³/mol. The summed E-state index contributed by atoms with van der Waals surface area (Å²) in [5.41, 5.74) is 2.83. The lowest BCUT2D eigenvalue weighted by molar-refractivity contribution is 0.0944. The summed E-state index contributed by atoms with van der Waals surface area (Å²) in [5.74, 6) is 5.62.